The second kappa shape index (κ2) is 8.75. The van der Waals surface area contributed by atoms with E-state index in [0.717, 1.165) is 53.4 Å². The summed E-state index contributed by atoms with van der Waals surface area (Å²) in [6.07, 6.45) is 5.34. The normalized spacial score (nSPS) is 12.2. The molecule has 0 fully saturated rings. The Hall–Kier alpha value is -5.52. The molecular formula is C33H19N9S2. The number of rotatable bonds is 3. The van der Waals surface area contributed by atoms with Crippen LogP contribution in [-0.2, 0) is 7.05 Å². The van der Waals surface area contributed by atoms with Gasteiger partial charge in [-0.2, -0.15) is 20.1 Å². The van der Waals surface area contributed by atoms with E-state index in [4.69, 9.17) is 19.9 Å². The Morgan fingerprint density at radius 2 is 1.27 bits per heavy atom. The molecule has 0 amide bonds. The van der Waals surface area contributed by atoms with Crippen LogP contribution in [0.15, 0.2) is 97.6 Å². The first-order valence-corrected chi connectivity index (χ1v) is 15.7. The van der Waals surface area contributed by atoms with Crippen molar-refractivity contribution < 1.29 is 0 Å². The minimum Gasteiger partial charge on any atom is -0.266 e. The van der Waals surface area contributed by atoms with Crippen molar-refractivity contribution >= 4 is 85.3 Å². The predicted octanol–water partition coefficient (Wildman–Crippen LogP) is 7.69. The summed E-state index contributed by atoms with van der Waals surface area (Å²) in [6.45, 7) is 0. The lowest BCUT2D eigenvalue weighted by molar-refractivity contribution is 0.799. The zero-order valence-corrected chi connectivity index (χ0v) is 24.7. The third-order valence-corrected chi connectivity index (χ3v) is 10.5. The Kier molecular flexibility index (Phi) is 4.77. The minimum atomic E-state index is 0.509. The fraction of sp³-hybridized carbons (Fsp3) is 0.0303. The van der Waals surface area contributed by atoms with Crippen LogP contribution in [0.5, 0.6) is 0 Å². The van der Waals surface area contributed by atoms with Crippen LogP contribution in [0.4, 0.5) is 0 Å². The van der Waals surface area contributed by atoms with Crippen LogP contribution < -0.4 is 0 Å². The quantitative estimate of drug-likeness (QED) is 0.205. The van der Waals surface area contributed by atoms with Crippen LogP contribution in [0.2, 0.25) is 0 Å². The number of fused-ring (bicyclic) bond motifs is 10. The van der Waals surface area contributed by atoms with Crippen LogP contribution in [0.3, 0.4) is 0 Å². The molecule has 0 aliphatic carbocycles. The van der Waals surface area contributed by atoms with Gasteiger partial charge in [0.15, 0.2) is 5.82 Å². The van der Waals surface area contributed by atoms with E-state index in [0.29, 0.717) is 17.7 Å². The first-order chi connectivity index (χ1) is 21.7. The summed E-state index contributed by atoms with van der Waals surface area (Å²) in [5, 5.41) is 9.22. The molecule has 0 saturated heterocycles. The van der Waals surface area contributed by atoms with Gasteiger partial charge in [-0.05, 0) is 12.1 Å². The van der Waals surface area contributed by atoms with Crippen LogP contribution in [0.25, 0.3) is 86.0 Å². The Morgan fingerprint density at radius 3 is 2.02 bits per heavy atom. The molecule has 10 aromatic rings. The minimum absolute atomic E-state index is 0.509. The molecule has 0 N–H and O–H groups in total. The molecule has 0 unspecified atom stereocenters. The molecule has 0 bridgehead atoms. The lowest BCUT2D eigenvalue weighted by Gasteiger charge is -2.11. The van der Waals surface area contributed by atoms with E-state index in [1.165, 1.54) is 14.8 Å². The van der Waals surface area contributed by atoms with Gasteiger partial charge in [0, 0.05) is 43.6 Å². The summed E-state index contributed by atoms with van der Waals surface area (Å²) in [4.78, 5) is 26.6. The van der Waals surface area contributed by atoms with Gasteiger partial charge in [0.1, 0.15) is 21.5 Å². The van der Waals surface area contributed by atoms with E-state index in [2.05, 4.69) is 67.7 Å². The van der Waals surface area contributed by atoms with Crippen molar-refractivity contribution in [2.24, 2.45) is 7.05 Å². The van der Waals surface area contributed by atoms with Crippen molar-refractivity contribution in [3.8, 4) is 23.3 Å². The Labute approximate surface area is 256 Å². The van der Waals surface area contributed by atoms with E-state index < -0.39 is 0 Å². The highest BCUT2D eigenvalue weighted by Crippen LogP contribution is 2.43. The molecule has 7 aromatic heterocycles. The predicted molar refractivity (Wildman–Crippen MR) is 177 cm³/mol. The number of aryl methyl sites for hydroxylation is 1. The Balaban J connectivity index is 1.35. The molecule has 208 valence electrons. The molecule has 10 rings (SSSR count). The summed E-state index contributed by atoms with van der Waals surface area (Å²) < 4.78 is 8.53. The van der Waals surface area contributed by atoms with E-state index in [1.54, 1.807) is 29.0 Å². The summed E-state index contributed by atoms with van der Waals surface area (Å²) in [5.74, 6) is 1.62. The van der Waals surface area contributed by atoms with Gasteiger partial charge in [0.05, 0.1) is 28.9 Å². The highest BCUT2D eigenvalue weighted by molar-refractivity contribution is 7.26. The standard InChI is InChI=1S/C33H19N9S2/c1-40-28-22(16-36-40)42(31-26(28)20-12-6-8-14-24(20)44-31)33-38-29(18-9-3-2-4-10-18)37-32(39-33)41-21-15-34-17-35-27(21)25-19-11-5-7-13-23(19)43-30(25)41/h2-17H,1H3. The van der Waals surface area contributed by atoms with Gasteiger partial charge in [-0.25, -0.2) is 9.97 Å². The van der Waals surface area contributed by atoms with Gasteiger partial charge >= 0.3 is 0 Å². The van der Waals surface area contributed by atoms with E-state index in [-0.39, 0.29) is 0 Å². The number of benzene rings is 3. The maximum absolute atomic E-state index is 5.22. The molecule has 0 saturated carbocycles. The Bertz CT molecular complexity index is 2750. The number of nitrogens with zero attached hydrogens (tertiary/aromatic N) is 9. The number of hydrogen-bond donors (Lipinski definition) is 0. The molecule has 0 aliphatic rings. The smallest absolute Gasteiger partial charge is 0.240 e. The van der Waals surface area contributed by atoms with Gasteiger partial charge in [-0.15, -0.1) is 22.7 Å². The second-order valence-electron chi connectivity index (χ2n) is 10.6. The average molecular weight is 606 g/mol. The molecule has 0 radical (unpaired) electrons. The number of aromatic nitrogens is 9. The molecule has 3 aromatic carbocycles. The van der Waals surface area contributed by atoms with E-state index >= 15 is 0 Å². The number of hydrogen-bond acceptors (Lipinski definition) is 8. The van der Waals surface area contributed by atoms with Crippen molar-refractivity contribution in [1.82, 2.24) is 43.8 Å². The van der Waals surface area contributed by atoms with Crippen LogP contribution in [0, 0.1) is 0 Å². The molecular weight excluding hydrogens is 587 g/mol. The molecule has 7 heterocycles. The monoisotopic (exact) mass is 605 g/mol. The highest BCUT2D eigenvalue weighted by Gasteiger charge is 2.25. The van der Waals surface area contributed by atoms with Crippen LogP contribution >= 0.6 is 22.7 Å². The molecule has 9 nitrogen and oxygen atoms in total. The summed E-state index contributed by atoms with van der Waals surface area (Å²) in [7, 11) is 1.98. The van der Waals surface area contributed by atoms with Crippen molar-refractivity contribution in [3.63, 3.8) is 0 Å². The molecule has 44 heavy (non-hydrogen) atoms. The summed E-state index contributed by atoms with van der Waals surface area (Å²) in [5.41, 5.74) is 4.62. The van der Waals surface area contributed by atoms with Gasteiger partial charge < -0.3 is 0 Å². The molecule has 0 spiro atoms. The fourth-order valence-corrected chi connectivity index (χ4v) is 8.71. The van der Waals surface area contributed by atoms with Gasteiger partial charge in [0.2, 0.25) is 11.9 Å². The first-order valence-electron chi connectivity index (χ1n) is 14.0. The van der Waals surface area contributed by atoms with Gasteiger partial charge in [0.25, 0.3) is 0 Å². The zero-order chi connectivity index (χ0) is 28.9. The summed E-state index contributed by atoms with van der Waals surface area (Å²) >= 11 is 3.43. The van der Waals surface area contributed by atoms with Gasteiger partial charge in [-0.3, -0.25) is 13.8 Å². The Morgan fingerprint density at radius 1 is 0.636 bits per heavy atom. The number of thiophene rings is 2. The largest absolute Gasteiger partial charge is 0.266 e. The lowest BCUT2D eigenvalue weighted by Crippen LogP contribution is -2.09. The molecule has 11 heteroatoms. The zero-order valence-electron chi connectivity index (χ0n) is 23.1. The average Bonchev–Trinajstić information content (AvgIpc) is 3.85. The maximum Gasteiger partial charge on any atom is 0.240 e. The van der Waals surface area contributed by atoms with Crippen molar-refractivity contribution in [1.29, 1.82) is 0 Å². The van der Waals surface area contributed by atoms with Crippen molar-refractivity contribution in [2.45, 2.75) is 0 Å². The van der Waals surface area contributed by atoms with E-state index in [9.17, 15) is 0 Å². The third-order valence-electron chi connectivity index (χ3n) is 8.17. The van der Waals surface area contributed by atoms with E-state index in [1.807, 2.05) is 54.5 Å². The summed E-state index contributed by atoms with van der Waals surface area (Å²) in [6, 6.07) is 27.0. The third kappa shape index (κ3) is 3.16. The maximum atomic E-state index is 5.22. The molecule has 0 atom stereocenters. The van der Waals surface area contributed by atoms with Crippen LogP contribution in [0.1, 0.15) is 0 Å². The highest BCUT2D eigenvalue weighted by atomic mass is 32.1. The second-order valence-corrected chi connectivity index (χ2v) is 12.7. The van der Waals surface area contributed by atoms with Gasteiger partial charge in [-0.1, -0.05) is 66.7 Å². The van der Waals surface area contributed by atoms with Crippen LogP contribution in [-0.4, -0.2) is 43.8 Å². The topological polar surface area (TPSA) is 92.1 Å². The van der Waals surface area contributed by atoms with Crippen molar-refractivity contribution in [2.75, 3.05) is 0 Å². The lowest BCUT2D eigenvalue weighted by atomic mass is 10.2. The SMILES string of the molecule is Cn1ncc2c1c1c3ccccc3sc1n2-c1nc(-c2ccccc2)nc(-n2c3cncnc3c3c4ccccc4sc32)n1. The molecule has 0 aliphatic heterocycles. The van der Waals surface area contributed by atoms with Crippen molar-refractivity contribution in [3.05, 3.63) is 97.6 Å². The first kappa shape index (κ1) is 24.0. The fourth-order valence-electron chi connectivity index (χ4n) is 6.28.